The number of unbranched alkanes of at least 4 members (excludes halogenated alkanes) is 5. The summed E-state index contributed by atoms with van der Waals surface area (Å²) in [7, 11) is -2.95. The highest BCUT2D eigenvalue weighted by Crippen LogP contribution is 2.20. The van der Waals surface area contributed by atoms with E-state index in [-0.39, 0.29) is 0 Å². The zero-order valence-electron chi connectivity index (χ0n) is 16.2. The maximum Gasteiger partial charge on any atom is 0.155 e. The van der Waals surface area contributed by atoms with E-state index in [1.54, 1.807) is 32.7 Å². The summed E-state index contributed by atoms with van der Waals surface area (Å²) >= 11 is 1.55. The monoisotopic (exact) mass is 396 g/mol. The van der Waals surface area contributed by atoms with Crippen LogP contribution < -0.4 is 10.3 Å². The molecule has 0 unspecified atom stereocenters. The summed E-state index contributed by atoms with van der Waals surface area (Å²) < 4.78 is 23.5. The number of hydrogen-bond acceptors (Lipinski definition) is 5. The summed E-state index contributed by atoms with van der Waals surface area (Å²) in [6, 6.07) is 8.74. The highest BCUT2D eigenvalue weighted by Gasteiger charge is 2.27. The Hall–Kier alpha value is -0.980. The minimum atomic E-state index is -2.95. The van der Waals surface area contributed by atoms with Crippen molar-refractivity contribution in [1.29, 1.82) is 0 Å². The molecule has 0 aliphatic carbocycles. The zero-order chi connectivity index (χ0) is 19.0. The fourth-order valence-corrected chi connectivity index (χ4v) is 4.57. The third-order valence-electron chi connectivity index (χ3n) is 4.75. The molecule has 2 N–H and O–H groups in total. The van der Waals surface area contributed by atoms with Gasteiger partial charge < -0.3 is 5.43 Å². The molecule has 4 nitrogen and oxygen atoms in total. The van der Waals surface area contributed by atoms with Crippen LogP contribution in [-0.4, -0.2) is 18.9 Å². The molecule has 1 heterocycles. The molecule has 6 heteroatoms. The van der Waals surface area contributed by atoms with Gasteiger partial charge in [0.1, 0.15) is 0 Å². The van der Waals surface area contributed by atoms with E-state index in [0.29, 0.717) is 5.75 Å². The molecule has 146 valence electrons. The van der Waals surface area contributed by atoms with Crippen LogP contribution in [-0.2, 0) is 16.3 Å². The second-order valence-corrected chi connectivity index (χ2v) is 11.4. The molecule has 0 saturated carbocycles. The van der Waals surface area contributed by atoms with Crippen molar-refractivity contribution < 1.29 is 8.42 Å². The largest absolute Gasteiger partial charge is 0.310 e. The van der Waals surface area contributed by atoms with E-state index in [2.05, 4.69) is 39.9 Å². The third kappa shape index (κ3) is 6.63. The lowest BCUT2D eigenvalue weighted by Crippen LogP contribution is -2.30. The van der Waals surface area contributed by atoms with E-state index in [1.165, 1.54) is 30.4 Å². The minimum Gasteiger partial charge on any atom is -0.310 e. The van der Waals surface area contributed by atoms with E-state index in [4.69, 9.17) is 0 Å². The predicted molar refractivity (Wildman–Crippen MR) is 113 cm³/mol. The number of nitrogens with one attached hydrogen (secondary N) is 2. The summed E-state index contributed by atoms with van der Waals surface area (Å²) in [5.41, 5.74) is 6.83. The van der Waals surface area contributed by atoms with Gasteiger partial charge in [-0.25, -0.2) is 8.42 Å². The van der Waals surface area contributed by atoms with Gasteiger partial charge in [0.2, 0.25) is 0 Å². The first-order chi connectivity index (χ1) is 12.3. The lowest BCUT2D eigenvalue weighted by molar-refractivity contribution is 0.551. The maximum atomic E-state index is 12.0. The van der Waals surface area contributed by atoms with E-state index in [0.717, 1.165) is 31.4 Å². The molecule has 1 aliphatic heterocycles. The number of aryl methyl sites for hydroxylation is 1. The topological polar surface area (TPSA) is 58.2 Å². The number of hydrogen-bond donors (Lipinski definition) is 2. The molecular weight excluding hydrogens is 364 g/mol. The molecule has 0 saturated heterocycles. The Morgan fingerprint density at radius 2 is 1.54 bits per heavy atom. The molecule has 0 amide bonds. The van der Waals surface area contributed by atoms with Gasteiger partial charge in [0.05, 0.1) is 16.2 Å². The standard InChI is InChI=1S/C20H32N2O2S2/c1-20(2,3)26(23,24)15-9-7-5-4-6-8-10-17-11-13-18(14-12-17)19-16-25-22-21-19/h11-14,16,21-22H,4-10,15H2,1-3H3. The molecule has 0 atom stereocenters. The molecule has 1 aromatic carbocycles. The van der Waals surface area contributed by atoms with Crippen LogP contribution in [0.15, 0.2) is 29.7 Å². The summed E-state index contributed by atoms with van der Waals surface area (Å²) in [5.74, 6) is 0.322. The number of rotatable bonds is 10. The molecule has 0 radical (unpaired) electrons. The van der Waals surface area contributed by atoms with E-state index < -0.39 is 14.6 Å². The smallest absolute Gasteiger partial charge is 0.155 e. The zero-order valence-corrected chi connectivity index (χ0v) is 17.8. The first-order valence-electron chi connectivity index (χ1n) is 9.48. The maximum absolute atomic E-state index is 12.0. The second-order valence-electron chi connectivity index (χ2n) is 7.88. The Morgan fingerprint density at radius 1 is 0.923 bits per heavy atom. The van der Waals surface area contributed by atoms with Crippen LogP contribution in [0.2, 0.25) is 0 Å². The first-order valence-corrected chi connectivity index (χ1v) is 12.0. The van der Waals surface area contributed by atoms with Gasteiger partial charge >= 0.3 is 0 Å². The molecule has 0 fully saturated rings. The number of sulfone groups is 1. The molecular formula is C20H32N2O2S2. The van der Waals surface area contributed by atoms with Crippen molar-refractivity contribution in [2.45, 2.75) is 70.5 Å². The predicted octanol–water partition coefficient (Wildman–Crippen LogP) is 4.84. The summed E-state index contributed by atoms with van der Waals surface area (Å²) in [6.07, 6.45) is 7.63. The van der Waals surface area contributed by atoms with Crippen LogP contribution in [0.3, 0.4) is 0 Å². The molecule has 2 rings (SSSR count). The van der Waals surface area contributed by atoms with Gasteiger partial charge in [-0.15, -0.1) is 0 Å². The van der Waals surface area contributed by atoms with Crippen molar-refractivity contribution in [3.05, 3.63) is 40.8 Å². The fourth-order valence-electron chi connectivity index (χ4n) is 2.83. The van der Waals surface area contributed by atoms with Gasteiger partial charge in [-0.3, -0.25) is 0 Å². The second kappa shape index (κ2) is 9.81. The van der Waals surface area contributed by atoms with Gasteiger partial charge in [-0.05, 0) is 63.1 Å². The van der Waals surface area contributed by atoms with Crippen molar-refractivity contribution in [2.75, 3.05) is 5.75 Å². The normalized spacial score (nSPS) is 15.0. The fraction of sp³-hybridized carbons (Fsp3) is 0.600. The van der Waals surface area contributed by atoms with Crippen LogP contribution in [0.5, 0.6) is 0 Å². The van der Waals surface area contributed by atoms with Gasteiger partial charge in [0.15, 0.2) is 9.84 Å². The average Bonchev–Trinajstić information content (AvgIpc) is 3.11. The molecule has 1 aromatic rings. The number of benzene rings is 1. The van der Waals surface area contributed by atoms with Gasteiger partial charge in [0.25, 0.3) is 0 Å². The third-order valence-corrected chi connectivity index (χ3v) is 8.01. The number of hydrazine groups is 1. The Kier molecular flexibility index (Phi) is 8.05. The molecule has 26 heavy (non-hydrogen) atoms. The van der Waals surface area contributed by atoms with Crippen molar-refractivity contribution in [3.63, 3.8) is 0 Å². The Bertz CT molecular complexity index is 690. The first kappa shape index (κ1) is 21.3. The van der Waals surface area contributed by atoms with Crippen LogP contribution >= 0.6 is 11.9 Å². The van der Waals surface area contributed by atoms with Crippen LogP contribution in [0.25, 0.3) is 5.70 Å². The van der Waals surface area contributed by atoms with E-state index in [9.17, 15) is 8.42 Å². The Balaban J connectivity index is 1.55. The van der Waals surface area contributed by atoms with Crippen molar-refractivity contribution in [1.82, 2.24) is 10.3 Å². The van der Waals surface area contributed by atoms with Crippen LogP contribution in [0.4, 0.5) is 0 Å². The average molecular weight is 397 g/mol. The van der Waals surface area contributed by atoms with E-state index >= 15 is 0 Å². The summed E-state index contributed by atoms with van der Waals surface area (Å²) in [6.45, 7) is 5.35. The van der Waals surface area contributed by atoms with Crippen molar-refractivity contribution >= 4 is 27.5 Å². The van der Waals surface area contributed by atoms with Crippen molar-refractivity contribution in [2.24, 2.45) is 0 Å². The van der Waals surface area contributed by atoms with E-state index in [1.807, 2.05) is 0 Å². The van der Waals surface area contributed by atoms with Gasteiger partial charge in [-0.2, -0.15) is 4.83 Å². The SMILES string of the molecule is CC(C)(C)S(=O)(=O)CCCCCCCCc1ccc(C2=CSNN2)cc1. The molecule has 0 aromatic heterocycles. The van der Waals surface area contributed by atoms with Crippen LogP contribution in [0.1, 0.15) is 70.4 Å². The van der Waals surface area contributed by atoms with Crippen molar-refractivity contribution in [3.8, 4) is 0 Å². The summed E-state index contributed by atoms with van der Waals surface area (Å²) in [4.78, 5) is 3.00. The van der Waals surface area contributed by atoms with Gasteiger partial charge in [0, 0.05) is 5.41 Å². The molecule has 0 spiro atoms. The highest BCUT2D eigenvalue weighted by molar-refractivity contribution is 8.00. The molecule has 1 aliphatic rings. The van der Waals surface area contributed by atoms with Crippen LogP contribution in [0, 0.1) is 0 Å². The molecule has 0 bridgehead atoms. The summed E-state index contributed by atoms with van der Waals surface area (Å²) in [5, 5.41) is 2.07. The highest BCUT2D eigenvalue weighted by atomic mass is 32.2. The Labute approximate surface area is 163 Å². The Morgan fingerprint density at radius 3 is 2.12 bits per heavy atom. The lowest BCUT2D eigenvalue weighted by atomic mass is 10.0. The lowest BCUT2D eigenvalue weighted by Gasteiger charge is -2.18. The quantitative estimate of drug-likeness (QED) is 0.438. The minimum absolute atomic E-state index is 0.322. The van der Waals surface area contributed by atoms with Gasteiger partial charge in [-0.1, -0.05) is 49.9 Å².